The first kappa shape index (κ1) is 14.3. The third kappa shape index (κ3) is 2.38. The fourth-order valence-corrected chi connectivity index (χ4v) is 3.19. The molecular formula is C15H20N2O4. The molecule has 0 bridgehead atoms. The number of hydrogen-bond donors (Lipinski definition) is 1. The molecule has 1 amide bonds. The summed E-state index contributed by atoms with van der Waals surface area (Å²) in [4.78, 5) is 18.6. The Balaban J connectivity index is 1.81. The average Bonchev–Trinajstić information content (AvgIpc) is 3.04. The molecule has 21 heavy (non-hydrogen) atoms. The Labute approximate surface area is 123 Å². The maximum Gasteiger partial charge on any atom is 0.259 e. The lowest BCUT2D eigenvalue weighted by atomic mass is 9.82. The lowest BCUT2D eigenvalue weighted by Gasteiger charge is -2.24. The highest BCUT2D eigenvalue weighted by atomic mass is 16.5. The quantitative estimate of drug-likeness (QED) is 0.878. The molecule has 2 aliphatic heterocycles. The third-order valence-electron chi connectivity index (χ3n) is 4.41. The van der Waals surface area contributed by atoms with Gasteiger partial charge in [-0.2, -0.15) is 0 Å². The van der Waals surface area contributed by atoms with E-state index < -0.39 is 0 Å². The molecule has 2 fully saturated rings. The van der Waals surface area contributed by atoms with Gasteiger partial charge in [-0.3, -0.25) is 4.79 Å². The van der Waals surface area contributed by atoms with Crippen LogP contribution in [0.1, 0.15) is 17.3 Å². The van der Waals surface area contributed by atoms with Crippen molar-refractivity contribution in [2.24, 2.45) is 11.3 Å². The van der Waals surface area contributed by atoms with Crippen molar-refractivity contribution < 1.29 is 19.4 Å². The number of pyridine rings is 1. The minimum Gasteiger partial charge on any atom is -0.477 e. The monoisotopic (exact) mass is 292 g/mol. The lowest BCUT2D eigenvalue weighted by Crippen LogP contribution is -2.36. The Bertz CT molecular complexity index is 536. The van der Waals surface area contributed by atoms with E-state index in [4.69, 9.17) is 9.47 Å². The van der Waals surface area contributed by atoms with Crippen LogP contribution >= 0.6 is 0 Å². The summed E-state index contributed by atoms with van der Waals surface area (Å²) < 4.78 is 10.9. The summed E-state index contributed by atoms with van der Waals surface area (Å²) in [5, 5.41) is 9.68. The van der Waals surface area contributed by atoms with E-state index >= 15 is 0 Å². The van der Waals surface area contributed by atoms with Gasteiger partial charge in [0.25, 0.3) is 5.91 Å². The molecule has 0 aromatic carbocycles. The number of aromatic nitrogens is 1. The van der Waals surface area contributed by atoms with E-state index in [-0.39, 0.29) is 23.8 Å². The fraction of sp³-hybridized carbons (Fsp3) is 0.600. The largest absolute Gasteiger partial charge is 0.477 e. The van der Waals surface area contributed by atoms with Crippen molar-refractivity contribution >= 4 is 5.91 Å². The van der Waals surface area contributed by atoms with Crippen LogP contribution in [0, 0.1) is 11.3 Å². The summed E-state index contributed by atoms with van der Waals surface area (Å²) in [6, 6.07) is 3.47. The van der Waals surface area contributed by atoms with Gasteiger partial charge in [-0.1, -0.05) is 0 Å². The van der Waals surface area contributed by atoms with Crippen LogP contribution in [0.25, 0.3) is 0 Å². The smallest absolute Gasteiger partial charge is 0.259 e. The summed E-state index contributed by atoms with van der Waals surface area (Å²) in [6.07, 6.45) is 1.61. The first-order valence-electron chi connectivity index (χ1n) is 7.26. The minimum atomic E-state index is -0.302. The molecule has 6 nitrogen and oxygen atoms in total. The second-order valence-corrected chi connectivity index (χ2v) is 5.71. The number of hydrogen-bond acceptors (Lipinski definition) is 5. The van der Waals surface area contributed by atoms with Crippen molar-refractivity contribution in [1.82, 2.24) is 9.88 Å². The zero-order chi connectivity index (χ0) is 14.9. The van der Waals surface area contributed by atoms with E-state index in [1.165, 1.54) is 0 Å². The number of aliphatic hydroxyl groups is 1. The standard InChI is InChI=1S/C15H20N2O4/c1-2-21-13-12(4-3-5-16-13)14(19)17-6-11-7-20-10-15(11,8-17)9-18/h3-5,11,18H,2,6-10H2,1H3/t11-,15-/m0/s1. The summed E-state index contributed by atoms with van der Waals surface area (Å²) >= 11 is 0. The van der Waals surface area contributed by atoms with Gasteiger partial charge in [0.15, 0.2) is 0 Å². The molecule has 0 unspecified atom stereocenters. The van der Waals surface area contributed by atoms with Gasteiger partial charge < -0.3 is 19.5 Å². The third-order valence-corrected chi connectivity index (χ3v) is 4.41. The number of fused-ring (bicyclic) bond motifs is 1. The molecule has 6 heteroatoms. The average molecular weight is 292 g/mol. The number of amides is 1. The van der Waals surface area contributed by atoms with Crippen LogP contribution in [0.2, 0.25) is 0 Å². The van der Waals surface area contributed by atoms with Crippen LogP contribution in [-0.2, 0) is 4.74 Å². The molecule has 0 aliphatic carbocycles. The Morgan fingerprint density at radius 1 is 1.67 bits per heavy atom. The zero-order valence-corrected chi connectivity index (χ0v) is 12.1. The molecule has 1 N–H and O–H groups in total. The van der Waals surface area contributed by atoms with Crippen molar-refractivity contribution in [1.29, 1.82) is 0 Å². The molecule has 3 rings (SSSR count). The van der Waals surface area contributed by atoms with Crippen LogP contribution in [0.4, 0.5) is 0 Å². The summed E-state index contributed by atoms with van der Waals surface area (Å²) in [6.45, 7) is 4.63. The van der Waals surface area contributed by atoms with Crippen LogP contribution in [0.15, 0.2) is 18.3 Å². The highest BCUT2D eigenvalue weighted by molar-refractivity contribution is 5.96. The van der Waals surface area contributed by atoms with Gasteiger partial charge in [-0.25, -0.2) is 4.98 Å². The van der Waals surface area contributed by atoms with E-state index in [2.05, 4.69) is 4.98 Å². The molecule has 2 aliphatic rings. The van der Waals surface area contributed by atoms with E-state index in [1.54, 1.807) is 23.2 Å². The highest BCUT2D eigenvalue weighted by Gasteiger charge is 2.51. The van der Waals surface area contributed by atoms with Crippen molar-refractivity contribution in [2.45, 2.75) is 6.92 Å². The normalized spacial score (nSPS) is 27.7. The number of carbonyl (C=O) groups excluding carboxylic acids is 1. The van der Waals surface area contributed by atoms with Gasteiger partial charge in [0.05, 0.1) is 26.4 Å². The number of likely N-dealkylation sites (tertiary alicyclic amines) is 1. The molecule has 1 aromatic heterocycles. The number of aliphatic hydroxyl groups excluding tert-OH is 1. The lowest BCUT2D eigenvalue weighted by molar-refractivity contribution is 0.0627. The van der Waals surface area contributed by atoms with Crippen LogP contribution in [-0.4, -0.2) is 60.4 Å². The van der Waals surface area contributed by atoms with Crippen molar-refractivity contribution in [3.63, 3.8) is 0 Å². The predicted molar refractivity (Wildman–Crippen MR) is 75.1 cm³/mol. The topological polar surface area (TPSA) is 71.9 Å². The van der Waals surface area contributed by atoms with Crippen LogP contribution < -0.4 is 4.74 Å². The van der Waals surface area contributed by atoms with Crippen LogP contribution in [0.3, 0.4) is 0 Å². The van der Waals surface area contributed by atoms with Gasteiger partial charge in [0.1, 0.15) is 5.56 Å². The molecule has 0 radical (unpaired) electrons. The van der Waals surface area contributed by atoms with E-state index in [9.17, 15) is 9.90 Å². The van der Waals surface area contributed by atoms with Crippen LogP contribution in [0.5, 0.6) is 5.88 Å². The predicted octanol–water partition coefficient (Wildman–Crippen LogP) is 0.561. The second-order valence-electron chi connectivity index (χ2n) is 5.71. The van der Waals surface area contributed by atoms with E-state index in [1.807, 2.05) is 6.92 Å². The Hall–Kier alpha value is -1.66. The van der Waals surface area contributed by atoms with Crippen molar-refractivity contribution in [3.8, 4) is 5.88 Å². The first-order valence-corrected chi connectivity index (χ1v) is 7.26. The maximum atomic E-state index is 12.7. The number of ether oxygens (including phenoxy) is 2. The molecule has 2 atom stereocenters. The Kier molecular flexibility index (Phi) is 3.82. The SMILES string of the molecule is CCOc1ncccc1C(=O)N1C[C@H]2COC[C@@]2(CO)C1. The van der Waals surface area contributed by atoms with Gasteiger partial charge >= 0.3 is 0 Å². The van der Waals surface area contributed by atoms with Gasteiger partial charge in [-0.05, 0) is 19.1 Å². The zero-order valence-electron chi connectivity index (χ0n) is 12.1. The maximum absolute atomic E-state index is 12.7. The Morgan fingerprint density at radius 2 is 2.52 bits per heavy atom. The summed E-state index contributed by atoms with van der Waals surface area (Å²) in [7, 11) is 0. The Morgan fingerprint density at radius 3 is 3.24 bits per heavy atom. The van der Waals surface area contributed by atoms with Gasteiger partial charge in [0.2, 0.25) is 5.88 Å². The highest BCUT2D eigenvalue weighted by Crippen LogP contribution is 2.41. The molecule has 0 saturated carbocycles. The number of rotatable bonds is 4. The molecule has 114 valence electrons. The van der Waals surface area contributed by atoms with Crippen molar-refractivity contribution in [2.75, 3.05) is 39.5 Å². The van der Waals surface area contributed by atoms with Gasteiger partial charge in [-0.15, -0.1) is 0 Å². The molecule has 3 heterocycles. The minimum absolute atomic E-state index is 0.0484. The number of nitrogens with zero attached hydrogens (tertiary/aromatic N) is 2. The number of carbonyl (C=O) groups is 1. The summed E-state index contributed by atoms with van der Waals surface area (Å²) in [5.41, 5.74) is 0.178. The molecule has 2 saturated heterocycles. The second kappa shape index (κ2) is 5.61. The van der Waals surface area contributed by atoms with Crippen molar-refractivity contribution in [3.05, 3.63) is 23.9 Å². The first-order chi connectivity index (χ1) is 10.2. The summed E-state index contributed by atoms with van der Waals surface area (Å²) in [5.74, 6) is 0.490. The van der Waals surface area contributed by atoms with E-state index in [0.29, 0.717) is 44.4 Å². The van der Waals surface area contributed by atoms with E-state index in [0.717, 1.165) is 0 Å². The molecule has 1 aromatic rings. The molecule has 0 spiro atoms. The van der Waals surface area contributed by atoms with Gasteiger partial charge in [0, 0.05) is 30.6 Å². The fourth-order valence-electron chi connectivity index (χ4n) is 3.19. The molecular weight excluding hydrogens is 272 g/mol.